The lowest BCUT2D eigenvalue weighted by molar-refractivity contribution is 0.166. The van der Waals surface area contributed by atoms with Gasteiger partial charge in [-0.3, -0.25) is 5.32 Å². The normalized spacial score (nSPS) is 24.6. The number of likely N-dealkylation sites (tertiary alicyclic amines) is 1. The van der Waals surface area contributed by atoms with Crippen LogP contribution in [-0.4, -0.2) is 33.7 Å². The van der Waals surface area contributed by atoms with Crippen molar-refractivity contribution >= 4 is 22.5 Å². The van der Waals surface area contributed by atoms with Crippen molar-refractivity contribution in [1.29, 1.82) is 0 Å². The van der Waals surface area contributed by atoms with Gasteiger partial charge in [-0.25, -0.2) is 4.79 Å². The molecule has 1 aromatic heterocycles. The van der Waals surface area contributed by atoms with Gasteiger partial charge in [-0.15, -0.1) is 10.2 Å². The Hall–Kier alpha value is -1.17. The second-order valence-electron chi connectivity index (χ2n) is 5.48. The standard InChI is InChI=1S/C13H20N4OS/c18-13(15-12-16-14-9-19-12)17-8-4-7-11(17)10-5-2-1-3-6-10/h9-11H,1-8H2,(H,15,16,18). The number of anilines is 1. The Bertz CT molecular complexity index is 416. The maximum absolute atomic E-state index is 12.3. The lowest BCUT2D eigenvalue weighted by atomic mass is 9.83. The van der Waals surface area contributed by atoms with E-state index in [0.717, 1.165) is 19.4 Å². The van der Waals surface area contributed by atoms with Crippen molar-refractivity contribution in [1.82, 2.24) is 15.1 Å². The molecule has 1 unspecified atom stereocenters. The number of carbonyl (C=O) groups is 1. The maximum Gasteiger partial charge on any atom is 0.323 e. The van der Waals surface area contributed by atoms with Crippen LogP contribution < -0.4 is 5.32 Å². The molecule has 1 aliphatic carbocycles. The third kappa shape index (κ3) is 2.88. The van der Waals surface area contributed by atoms with Crippen molar-refractivity contribution in [3.8, 4) is 0 Å². The van der Waals surface area contributed by atoms with Crippen molar-refractivity contribution in [2.45, 2.75) is 51.0 Å². The highest BCUT2D eigenvalue weighted by atomic mass is 32.1. The van der Waals surface area contributed by atoms with Gasteiger partial charge >= 0.3 is 6.03 Å². The molecule has 1 saturated heterocycles. The summed E-state index contributed by atoms with van der Waals surface area (Å²) in [5.74, 6) is 0.705. The van der Waals surface area contributed by atoms with Crippen LogP contribution >= 0.6 is 11.3 Å². The Balaban J connectivity index is 1.63. The van der Waals surface area contributed by atoms with E-state index in [-0.39, 0.29) is 6.03 Å². The van der Waals surface area contributed by atoms with Gasteiger partial charge in [0.1, 0.15) is 5.51 Å². The van der Waals surface area contributed by atoms with E-state index >= 15 is 0 Å². The van der Waals surface area contributed by atoms with Crippen LogP contribution in [0.25, 0.3) is 0 Å². The van der Waals surface area contributed by atoms with Gasteiger partial charge in [0.15, 0.2) is 0 Å². The monoisotopic (exact) mass is 280 g/mol. The van der Waals surface area contributed by atoms with Crippen molar-refractivity contribution in [2.24, 2.45) is 5.92 Å². The summed E-state index contributed by atoms with van der Waals surface area (Å²) in [6.45, 7) is 0.881. The van der Waals surface area contributed by atoms with Crippen LogP contribution in [0.3, 0.4) is 0 Å². The average Bonchev–Trinajstić information content (AvgIpc) is 3.10. The van der Waals surface area contributed by atoms with E-state index < -0.39 is 0 Å². The van der Waals surface area contributed by atoms with E-state index in [2.05, 4.69) is 15.5 Å². The number of hydrogen-bond acceptors (Lipinski definition) is 4. The van der Waals surface area contributed by atoms with Gasteiger partial charge in [0.05, 0.1) is 0 Å². The zero-order chi connectivity index (χ0) is 13.1. The SMILES string of the molecule is O=C(Nc1nncs1)N1CCCC1C1CCCCC1. The van der Waals surface area contributed by atoms with Gasteiger partial charge in [-0.2, -0.15) is 0 Å². The molecule has 2 fully saturated rings. The van der Waals surface area contributed by atoms with Crippen LogP contribution in [0.5, 0.6) is 0 Å². The zero-order valence-corrected chi connectivity index (χ0v) is 11.9. The van der Waals surface area contributed by atoms with E-state index in [4.69, 9.17) is 0 Å². The number of hydrogen-bond donors (Lipinski definition) is 1. The van der Waals surface area contributed by atoms with Crippen LogP contribution in [-0.2, 0) is 0 Å². The van der Waals surface area contributed by atoms with Gasteiger partial charge in [0.25, 0.3) is 0 Å². The Labute approximate surface area is 117 Å². The molecule has 0 aromatic carbocycles. The first-order valence-electron chi connectivity index (χ1n) is 7.18. The molecule has 5 nitrogen and oxygen atoms in total. The lowest BCUT2D eigenvalue weighted by Crippen LogP contribution is -2.43. The molecule has 19 heavy (non-hydrogen) atoms. The summed E-state index contributed by atoms with van der Waals surface area (Å²) >= 11 is 1.37. The summed E-state index contributed by atoms with van der Waals surface area (Å²) in [5, 5.41) is 11.1. The number of amides is 2. The summed E-state index contributed by atoms with van der Waals surface area (Å²) < 4.78 is 0. The highest BCUT2D eigenvalue weighted by molar-refractivity contribution is 7.13. The molecule has 2 aliphatic rings. The van der Waals surface area contributed by atoms with Crippen LogP contribution in [0, 0.1) is 5.92 Å². The Morgan fingerprint density at radius 1 is 1.26 bits per heavy atom. The predicted octanol–water partition coefficient (Wildman–Crippen LogP) is 3.11. The smallest absolute Gasteiger partial charge is 0.321 e. The van der Waals surface area contributed by atoms with Gasteiger partial charge in [-0.1, -0.05) is 30.6 Å². The van der Waals surface area contributed by atoms with Crippen LogP contribution in [0.1, 0.15) is 44.9 Å². The number of urea groups is 1. The molecule has 2 amide bonds. The third-order valence-corrected chi connectivity index (χ3v) is 4.93. The Morgan fingerprint density at radius 3 is 2.84 bits per heavy atom. The second kappa shape index (κ2) is 5.86. The van der Waals surface area contributed by atoms with Crippen LogP contribution in [0.15, 0.2) is 5.51 Å². The van der Waals surface area contributed by atoms with E-state index in [1.165, 1.54) is 43.4 Å². The molecular formula is C13H20N4OS. The number of nitrogens with zero attached hydrogens (tertiary/aromatic N) is 3. The molecule has 3 rings (SSSR count). The predicted molar refractivity (Wildman–Crippen MR) is 75.2 cm³/mol. The molecule has 1 atom stereocenters. The molecule has 1 aromatic rings. The summed E-state index contributed by atoms with van der Waals surface area (Å²) in [6.07, 6.45) is 8.87. The molecule has 0 bridgehead atoms. The summed E-state index contributed by atoms with van der Waals surface area (Å²) in [5.41, 5.74) is 1.64. The summed E-state index contributed by atoms with van der Waals surface area (Å²) in [6, 6.07) is 0.443. The summed E-state index contributed by atoms with van der Waals surface area (Å²) in [4.78, 5) is 14.3. The highest BCUT2D eigenvalue weighted by Gasteiger charge is 2.35. The van der Waals surface area contributed by atoms with Crippen molar-refractivity contribution in [3.63, 3.8) is 0 Å². The largest absolute Gasteiger partial charge is 0.323 e. The molecule has 104 valence electrons. The second-order valence-corrected chi connectivity index (χ2v) is 6.31. The van der Waals surface area contributed by atoms with E-state index in [1.807, 2.05) is 4.90 Å². The number of aromatic nitrogens is 2. The van der Waals surface area contributed by atoms with Crippen LogP contribution in [0.2, 0.25) is 0 Å². The minimum Gasteiger partial charge on any atom is -0.321 e. The number of carbonyl (C=O) groups excluding carboxylic acids is 1. The third-order valence-electron chi connectivity index (χ3n) is 4.33. The average molecular weight is 280 g/mol. The first-order chi connectivity index (χ1) is 9.34. The van der Waals surface area contributed by atoms with Crippen molar-refractivity contribution in [3.05, 3.63) is 5.51 Å². The zero-order valence-electron chi connectivity index (χ0n) is 11.0. The molecule has 0 radical (unpaired) electrons. The van der Waals surface area contributed by atoms with Crippen LogP contribution in [0.4, 0.5) is 9.93 Å². The van der Waals surface area contributed by atoms with Gasteiger partial charge in [0.2, 0.25) is 5.13 Å². The highest BCUT2D eigenvalue weighted by Crippen LogP contribution is 2.34. The molecular weight excluding hydrogens is 260 g/mol. The minimum absolute atomic E-state index is 0.00447. The van der Waals surface area contributed by atoms with E-state index in [1.54, 1.807) is 5.51 Å². The quantitative estimate of drug-likeness (QED) is 0.905. The fourth-order valence-corrected chi connectivity index (χ4v) is 3.88. The van der Waals surface area contributed by atoms with Crippen molar-refractivity contribution < 1.29 is 4.79 Å². The first kappa shape index (κ1) is 12.8. The number of rotatable bonds is 2. The Morgan fingerprint density at radius 2 is 2.11 bits per heavy atom. The molecule has 6 heteroatoms. The topological polar surface area (TPSA) is 58.1 Å². The van der Waals surface area contributed by atoms with Gasteiger partial charge in [0, 0.05) is 12.6 Å². The molecule has 1 N–H and O–H groups in total. The molecule has 1 saturated carbocycles. The Kier molecular flexibility index (Phi) is 3.96. The van der Waals surface area contributed by atoms with E-state index in [9.17, 15) is 4.79 Å². The first-order valence-corrected chi connectivity index (χ1v) is 8.06. The maximum atomic E-state index is 12.3. The van der Waals surface area contributed by atoms with Gasteiger partial charge in [-0.05, 0) is 31.6 Å². The molecule has 2 heterocycles. The van der Waals surface area contributed by atoms with E-state index in [0.29, 0.717) is 17.1 Å². The number of nitrogens with one attached hydrogen (secondary N) is 1. The molecule has 1 aliphatic heterocycles. The van der Waals surface area contributed by atoms with Gasteiger partial charge < -0.3 is 4.90 Å². The molecule has 0 spiro atoms. The van der Waals surface area contributed by atoms with Crippen molar-refractivity contribution in [2.75, 3.05) is 11.9 Å². The lowest BCUT2D eigenvalue weighted by Gasteiger charge is -2.33. The fourth-order valence-electron chi connectivity index (χ4n) is 3.44. The fraction of sp³-hybridized carbons (Fsp3) is 0.769. The minimum atomic E-state index is 0.00447. The summed E-state index contributed by atoms with van der Waals surface area (Å²) in [7, 11) is 0.